The number of aryl methyl sites for hydroxylation is 2. The molecule has 3 rings (SSSR count). The number of hydrogen-bond acceptors (Lipinski definition) is 5. The zero-order valence-electron chi connectivity index (χ0n) is 15.6. The maximum atomic E-state index is 12.0. The Bertz CT molecular complexity index is 702. The molecule has 1 aliphatic rings. The smallest absolute Gasteiger partial charge is 0.230 e. The second-order valence-electron chi connectivity index (χ2n) is 6.87. The van der Waals surface area contributed by atoms with Gasteiger partial charge in [0.1, 0.15) is 5.76 Å². The van der Waals surface area contributed by atoms with Crippen molar-refractivity contribution in [2.24, 2.45) is 0 Å². The summed E-state index contributed by atoms with van der Waals surface area (Å²) in [5, 5.41) is 6.93. The van der Waals surface area contributed by atoms with Gasteiger partial charge in [-0.2, -0.15) is 0 Å². The van der Waals surface area contributed by atoms with Gasteiger partial charge in [-0.3, -0.25) is 9.69 Å². The molecule has 0 unspecified atom stereocenters. The van der Waals surface area contributed by atoms with Crippen LogP contribution in [0.4, 0.5) is 0 Å². The summed E-state index contributed by atoms with van der Waals surface area (Å²) in [6.07, 6.45) is 2.64. The molecule has 1 aromatic carbocycles. The first-order chi connectivity index (χ1) is 12.6. The van der Waals surface area contributed by atoms with E-state index < -0.39 is 0 Å². The zero-order chi connectivity index (χ0) is 18.4. The zero-order valence-corrected chi connectivity index (χ0v) is 16.4. The van der Waals surface area contributed by atoms with E-state index in [9.17, 15) is 4.79 Å². The van der Waals surface area contributed by atoms with Crippen LogP contribution in [0.1, 0.15) is 41.0 Å². The monoisotopic (exact) mass is 373 g/mol. The quantitative estimate of drug-likeness (QED) is 0.768. The van der Waals surface area contributed by atoms with E-state index in [1.807, 2.05) is 13.8 Å². The standard InChI is InChI=1S/C20H27N3O2S/c1-15-19(16(2)25-22-15)13-26-14-20(24)21-11-17-5-7-18(8-6-17)12-23-9-3-4-10-23/h5-8H,3-4,9-14H2,1-2H3,(H,21,24). The van der Waals surface area contributed by atoms with Crippen molar-refractivity contribution < 1.29 is 9.32 Å². The average Bonchev–Trinajstić information content (AvgIpc) is 3.26. The highest BCUT2D eigenvalue weighted by atomic mass is 32.2. The Labute approximate surface area is 159 Å². The van der Waals surface area contributed by atoms with E-state index in [0.29, 0.717) is 12.3 Å². The number of amides is 1. The van der Waals surface area contributed by atoms with Crippen molar-refractivity contribution in [3.8, 4) is 0 Å². The summed E-state index contributed by atoms with van der Waals surface area (Å²) in [4.78, 5) is 14.5. The number of aromatic nitrogens is 1. The van der Waals surface area contributed by atoms with E-state index in [0.717, 1.165) is 34.9 Å². The van der Waals surface area contributed by atoms with Crippen molar-refractivity contribution in [1.82, 2.24) is 15.4 Å². The molecule has 1 aliphatic heterocycles. The highest BCUT2D eigenvalue weighted by molar-refractivity contribution is 7.99. The lowest BCUT2D eigenvalue weighted by Gasteiger charge is -2.14. The van der Waals surface area contributed by atoms with Crippen LogP contribution in [0.2, 0.25) is 0 Å². The van der Waals surface area contributed by atoms with Crippen molar-refractivity contribution in [2.75, 3.05) is 18.8 Å². The van der Waals surface area contributed by atoms with Gasteiger partial charge in [-0.1, -0.05) is 29.4 Å². The molecule has 1 N–H and O–H groups in total. The molecule has 0 aliphatic carbocycles. The summed E-state index contributed by atoms with van der Waals surface area (Å²) < 4.78 is 5.14. The maximum Gasteiger partial charge on any atom is 0.230 e. The molecule has 0 atom stereocenters. The number of hydrogen-bond donors (Lipinski definition) is 1. The van der Waals surface area contributed by atoms with Crippen LogP contribution in [0.15, 0.2) is 28.8 Å². The van der Waals surface area contributed by atoms with Gasteiger partial charge in [0.25, 0.3) is 0 Å². The molecule has 2 heterocycles. The fourth-order valence-corrected chi connectivity index (χ4v) is 4.17. The molecular weight excluding hydrogens is 346 g/mol. The van der Waals surface area contributed by atoms with Gasteiger partial charge in [0.15, 0.2) is 0 Å². The second kappa shape index (κ2) is 9.24. The third-order valence-corrected chi connectivity index (χ3v) is 5.74. The number of thioether (sulfide) groups is 1. The van der Waals surface area contributed by atoms with Gasteiger partial charge in [0.2, 0.25) is 5.91 Å². The molecule has 2 aromatic rings. The van der Waals surface area contributed by atoms with Gasteiger partial charge in [-0.25, -0.2) is 0 Å². The third-order valence-electron chi connectivity index (χ3n) is 4.78. The van der Waals surface area contributed by atoms with E-state index in [-0.39, 0.29) is 5.91 Å². The van der Waals surface area contributed by atoms with Crippen LogP contribution in [0.5, 0.6) is 0 Å². The number of carbonyl (C=O) groups excluding carboxylic acids is 1. The molecular formula is C20H27N3O2S. The molecule has 140 valence electrons. The van der Waals surface area contributed by atoms with E-state index in [1.165, 1.54) is 31.5 Å². The Morgan fingerprint density at radius 1 is 1.19 bits per heavy atom. The van der Waals surface area contributed by atoms with E-state index >= 15 is 0 Å². The first kappa shape index (κ1) is 19.0. The van der Waals surface area contributed by atoms with Gasteiger partial charge in [-0.05, 0) is 50.9 Å². The summed E-state index contributed by atoms with van der Waals surface area (Å²) in [7, 11) is 0. The molecule has 26 heavy (non-hydrogen) atoms. The lowest BCUT2D eigenvalue weighted by atomic mass is 10.1. The van der Waals surface area contributed by atoms with Gasteiger partial charge in [0.05, 0.1) is 11.4 Å². The van der Waals surface area contributed by atoms with Crippen LogP contribution in [0.25, 0.3) is 0 Å². The molecule has 1 fully saturated rings. The fourth-order valence-electron chi connectivity index (χ4n) is 3.17. The van der Waals surface area contributed by atoms with Crippen LogP contribution < -0.4 is 5.32 Å². The lowest BCUT2D eigenvalue weighted by molar-refractivity contribution is -0.118. The minimum absolute atomic E-state index is 0.0582. The molecule has 5 nitrogen and oxygen atoms in total. The van der Waals surface area contributed by atoms with E-state index in [4.69, 9.17) is 4.52 Å². The summed E-state index contributed by atoms with van der Waals surface area (Å²) >= 11 is 1.59. The van der Waals surface area contributed by atoms with Crippen molar-refractivity contribution in [1.29, 1.82) is 0 Å². The minimum Gasteiger partial charge on any atom is -0.361 e. The fraction of sp³-hybridized carbons (Fsp3) is 0.500. The normalized spacial score (nSPS) is 14.7. The number of likely N-dealkylation sites (tertiary alicyclic amines) is 1. The summed E-state index contributed by atoms with van der Waals surface area (Å²) in [6, 6.07) is 8.57. The largest absolute Gasteiger partial charge is 0.361 e. The Balaban J connectivity index is 1.37. The van der Waals surface area contributed by atoms with Crippen LogP contribution in [0, 0.1) is 13.8 Å². The molecule has 0 saturated carbocycles. The second-order valence-corrected chi connectivity index (χ2v) is 7.86. The van der Waals surface area contributed by atoms with Crippen molar-refractivity contribution >= 4 is 17.7 Å². The molecule has 1 amide bonds. The third kappa shape index (κ3) is 5.35. The minimum atomic E-state index is 0.0582. The Morgan fingerprint density at radius 3 is 2.54 bits per heavy atom. The van der Waals surface area contributed by atoms with Crippen LogP contribution >= 0.6 is 11.8 Å². The number of nitrogens with one attached hydrogen (secondary N) is 1. The Hall–Kier alpha value is -1.79. The maximum absolute atomic E-state index is 12.0. The highest BCUT2D eigenvalue weighted by Gasteiger charge is 2.12. The van der Waals surface area contributed by atoms with Crippen molar-refractivity contribution in [2.45, 2.75) is 45.5 Å². The molecule has 6 heteroatoms. The van der Waals surface area contributed by atoms with Crippen molar-refractivity contribution in [3.05, 3.63) is 52.4 Å². The Morgan fingerprint density at radius 2 is 1.88 bits per heavy atom. The molecule has 0 radical (unpaired) electrons. The summed E-state index contributed by atoms with van der Waals surface area (Å²) in [5.74, 6) is 2.09. The van der Waals surface area contributed by atoms with E-state index in [1.54, 1.807) is 11.8 Å². The topological polar surface area (TPSA) is 58.4 Å². The number of carbonyl (C=O) groups is 1. The predicted molar refractivity (Wildman–Crippen MR) is 105 cm³/mol. The first-order valence-electron chi connectivity index (χ1n) is 9.18. The molecule has 0 bridgehead atoms. The van der Waals surface area contributed by atoms with E-state index in [2.05, 4.69) is 39.6 Å². The highest BCUT2D eigenvalue weighted by Crippen LogP contribution is 2.19. The van der Waals surface area contributed by atoms with Gasteiger partial charge >= 0.3 is 0 Å². The average molecular weight is 374 g/mol. The van der Waals surface area contributed by atoms with Crippen LogP contribution in [-0.2, 0) is 23.6 Å². The SMILES string of the molecule is Cc1noc(C)c1CSCC(=O)NCc1ccc(CN2CCCC2)cc1. The molecule has 1 aromatic heterocycles. The number of benzene rings is 1. The molecule has 0 spiro atoms. The van der Waals surface area contributed by atoms with Gasteiger partial charge in [-0.15, -0.1) is 11.8 Å². The predicted octanol–water partition coefficient (Wildman–Crippen LogP) is 3.44. The summed E-state index contributed by atoms with van der Waals surface area (Å²) in [6.45, 7) is 7.87. The Kier molecular flexibility index (Phi) is 6.74. The molecule has 1 saturated heterocycles. The number of nitrogens with zero attached hydrogens (tertiary/aromatic N) is 2. The number of rotatable bonds is 8. The first-order valence-corrected chi connectivity index (χ1v) is 10.3. The van der Waals surface area contributed by atoms with Crippen LogP contribution in [0.3, 0.4) is 0 Å². The van der Waals surface area contributed by atoms with Gasteiger partial charge in [0, 0.05) is 24.4 Å². The van der Waals surface area contributed by atoms with Crippen molar-refractivity contribution in [3.63, 3.8) is 0 Å². The van der Waals surface area contributed by atoms with Crippen LogP contribution in [-0.4, -0.2) is 34.8 Å². The summed E-state index contributed by atoms with van der Waals surface area (Å²) in [5.41, 5.74) is 4.48. The van der Waals surface area contributed by atoms with Gasteiger partial charge < -0.3 is 9.84 Å². The lowest BCUT2D eigenvalue weighted by Crippen LogP contribution is -2.24.